The number of anilines is 1. The molecule has 87 heavy (non-hydrogen) atoms. The van der Waals surface area contributed by atoms with Gasteiger partial charge in [0, 0.05) is 40.4 Å². The molecule has 5 rings (SSSR count). The van der Waals surface area contributed by atoms with Gasteiger partial charge in [0.2, 0.25) is 11.5 Å². The SMILES string of the molecule is CC(=O)O.CC(C)(C)c1cc(Cl)c(O)c([N+](=O)[O-])c1.CC(C)(C)c1ccc(O)c(Cl)c1.CC(C)(C)c1ccc(O)cc1.CI.COc1c(Cl)cc(C(C)(C)C)cc1[N+](=O)[O-].COc1c(N)cc(C(C)(C)C)cc1Cl.O.O=S(=O)(Cl)Cl.O=[N+]([O-])O.[Cl][Sn][Cl]. The molecule has 0 atom stereocenters. The number of nitrogens with two attached hydrogens (primary N) is 1. The maximum atomic E-state index is 10.9. The van der Waals surface area contributed by atoms with E-state index in [0.717, 1.165) is 29.2 Å². The van der Waals surface area contributed by atoms with Crippen molar-refractivity contribution in [2.75, 3.05) is 24.9 Å². The first-order chi connectivity index (χ1) is 38.6. The van der Waals surface area contributed by atoms with Crippen LogP contribution in [0.2, 0.25) is 20.1 Å². The van der Waals surface area contributed by atoms with Crippen LogP contribution in [0, 0.1) is 30.3 Å². The van der Waals surface area contributed by atoms with Crippen molar-refractivity contribution in [2.45, 2.75) is 138 Å². The number of carboxylic acid groups (broad SMARTS) is 1. The average Bonchev–Trinajstić information content (AvgIpc) is 3.32. The fourth-order valence-corrected chi connectivity index (χ4v) is 6.69. The van der Waals surface area contributed by atoms with E-state index in [4.69, 9.17) is 118 Å². The number of carbonyl (C=O) groups is 1. The Hall–Kier alpha value is -3.87. The van der Waals surface area contributed by atoms with Gasteiger partial charge in [-0.15, -0.1) is 10.1 Å². The zero-order valence-electron chi connectivity index (χ0n) is 51.5. The summed E-state index contributed by atoms with van der Waals surface area (Å²) in [7, 11) is 17.6. The van der Waals surface area contributed by atoms with Gasteiger partial charge in [0.25, 0.3) is 11.1 Å². The number of aromatic hydroxyl groups is 3. The first kappa shape index (κ1) is 94.3. The molecule has 9 N–H and O–H groups in total. The molecule has 0 fully saturated rings. The second-order valence-corrected chi connectivity index (χ2v) is 31.6. The Bertz CT molecular complexity index is 2980. The van der Waals surface area contributed by atoms with Gasteiger partial charge >= 0.3 is 56.4 Å². The van der Waals surface area contributed by atoms with E-state index in [0.29, 0.717) is 27.2 Å². The van der Waals surface area contributed by atoms with E-state index in [1.54, 1.807) is 43.5 Å². The predicted octanol–water partition coefficient (Wildman–Crippen LogP) is 17.7. The van der Waals surface area contributed by atoms with Crippen LogP contribution in [0.4, 0.5) is 17.1 Å². The number of rotatable bonds is 4. The molecule has 5 aromatic rings. The Morgan fingerprint density at radius 1 is 0.552 bits per heavy atom. The van der Waals surface area contributed by atoms with E-state index in [-0.39, 0.29) is 65.5 Å². The summed E-state index contributed by atoms with van der Waals surface area (Å²) in [5, 5.41) is 71.4. The molecule has 2 radical (unpaired) electrons. The van der Waals surface area contributed by atoms with Gasteiger partial charge in [0.1, 0.15) is 11.5 Å². The van der Waals surface area contributed by atoms with Crippen LogP contribution >= 0.6 is 108 Å². The van der Waals surface area contributed by atoms with Crippen molar-refractivity contribution in [1.29, 1.82) is 0 Å². The van der Waals surface area contributed by atoms with Gasteiger partial charge in [-0.1, -0.05) is 191 Å². The second-order valence-electron chi connectivity index (χ2n) is 22.1. The summed E-state index contributed by atoms with van der Waals surface area (Å²) in [4.78, 5) is 39.7. The number of nitrogen functional groups attached to an aromatic ring is 1. The van der Waals surface area contributed by atoms with Crippen LogP contribution in [0.3, 0.4) is 0 Å². The van der Waals surface area contributed by atoms with Crippen LogP contribution < -0.4 is 15.2 Å². The Balaban J connectivity index is -0.000000220. The molecule has 0 aliphatic carbocycles. The van der Waals surface area contributed by atoms with Crippen LogP contribution in [-0.4, -0.2) is 98.5 Å². The molecule has 21 nitrogen and oxygen atoms in total. The minimum absolute atomic E-state index is 0. The van der Waals surface area contributed by atoms with E-state index in [1.807, 2.05) is 76.8 Å². The summed E-state index contributed by atoms with van der Waals surface area (Å²) in [5.41, 5.74) is 10.8. The zero-order valence-corrected chi connectivity index (χ0v) is 63.3. The molecular weight excluding hydrogens is 1550 g/mol. The van der Waals surface area contributed by atoms with Crippen molar-refractivity contribution in [1.82, 2.24) is 0 Å². The topological polar surface area (TPSA) is 358 Å². The number of carboxylic acids is 1. The summed E-state index contributed by atoms with van der Waals surface area (Å²) < 4.78 is 28.3. The summed E-state index contributed by atoms with van der Waals surface area (Å²) in [6.45, 7) is 31.9. The van der Waals surface area contributed by atoms with E-state index >= 15 is 0 Å². The van der Waals surface area contributed by atoms with E-state index in [9.17, 15) is 30.4 Å². The molecule has 494 valence electrons. The number of hydrogen-bond donors (Lipinski definition) is 6. The molecule has 0 amide bonds. The van der Waals surface area contributed by atoms with Crippen molar-refractivity contribution >= 4 is 158 Å². The number of nitro benzene ring substituents is 2. The number of phenols is 3. The number of nitro groups is 2. The molecule has 0 spiro atoms. The standard InChI is InChI=1S/C11H14ClNO3.C11H16ClNO.C10H12ClNO3.C10H13ClO.C10H14O.C2H4O2.CH3I.Cl2O2S.2ClH.HNO3.H2O.Sn/c1-11(2,3)7-5-8(12)10(16-4)9(6-7)13(14)15;1-11(2,3)7-5-8(12)10(14-4)9(13)6-7;1-10(2,3)6-4-7(11)9(13)8(5-6)12(14)15;1-10(2,3)7-4-5-9(12)8(11)6-7;1-10(2,3)8-4-6-9(11)7-5-8;1-2(3)4;1-2;1-5(2,3)4;;;2-1(3)4;;/h5-6H,1-4H3;5-6H,13H2,1-4H3;4-5,13H,1-3H3;4-6,12H,1-3H3;4-7,11H,1-3H3;1H3,(H,3,4);1H3;;2*1H;(H,2,3,4);1H2;/q;;;;;;;;;;;;+2/p-2. The monoisotopic (exact) mass is 1630 g/mol. The average molecular weight is 1630 g/mol. The first-order valence-corrected chi connectivity index (χ1v) is 38.3. The first-order valence-electron chi connectivity index (χ1n) is 24.3. The summed E-state index contributed by atoms with van der Waals surface area (Å²) in [5.74, 6) is -0.170. The molecule has 0 unspecified atom stereocenters. The van der Waals surface area contributed by atoms with Crippen LogP contribution in [0.1, 0.15) is 139 Å². The number of alkyl halides is 1. The number of aliphatic carboxylic acids is 1. The number of methoxy groups -OCH3 is 2. The normalized spacial score (nSPS) is 10.5. The molecule has 0 bridgehead atoms. The van der Waals surface area contributed by atoms with Crippen LogP contribution in [0.15, 0.2) is 78.9 Å². The maximum absolute atomic E-state index is 10.9. The molecule has 0 saturated carbocycles. The van der Waals surface area contributed by atoms with Crippen LogP contribution in [-0.2, 0) is 40.1 Å². The number of halogens is 9. The van der Waals surface area contributed by atoms with Crippen molar-refractivity contribution in [3.63, 3.8) is 0 Å². The predicted molar refractivity (Wildman–Crippen MR) is 365 cm³/mol. The molecule has 0 heterocycles. The summed E-state index contributed by atoms with van der Waals surface area (Å²) in [6.07, 6.45) is 0. The van der Waals surface area contributed by atoms with Gasteiger partial charge in [-0.2, -0.15) is 8.42 Å². The van der Waals surface area contributed by atoms with Crippen molar-refractivity contribution in [2.24, 2.45) is 0 Å². The Labute approximate surface area is 570 Å². The van der Waals surface area contributed by atoms with Crippen molar-refractivity contribution < 1.29 is 68.7 Å². The molecule has 32 heteroatoms. The Morgan fingerprint density at radius 3 is 1.09 bits per heavy atom. The Morgan fingerprint density at radius 2 is 0.816 bits per heavy atom. The Kier molecular flexibility index (Phi) is 47.4. The fraction of sp³-hybridized carbons (Fsp3) is 0.436. The van der Waals surface area contributed by atoms with E-state index < -0.39 is 53.8 Å². The van der Waals surface area contributed by atoms with Gasteiger partial charge in [0.05, 0.1) is 49.8 Å². The third kappa shape index (κ3) is 44.3. The van der Waals surface area contributed by atoms with Crippen molar-refractivity contribution in [3.05, 3.63) is 157 Å². The third-order valence-electron chi connectivity index (χ3n) is 10.1. The van der Waals surface area contributed by atoms with Gasteiger partial charge < -0.3 is 46.3 Å². The molecule has 0 saturated heterocycles. The molecule has 0 aromatic heterocycles. The number of nitrogens with zero attached hydrogens (tertiary/aromatic N) is 3. The molecular formula is C55H79Cl8IN4O17SSn. The number of benzene rings is 5. The quantitative estimate of drug-likeness (QED) is 0.0185. The van der Waals surface area contributed by atoms with E-state index in [1.165, 1.54) is 24.8 Å². The second kappa shape index (κ2) is 43.8. The molecule has 0 aliphatic rings. The minimum atomic E-state index is -3.72. The van der Waals surface area contributed by atoms with Crippen LogP contribution in [0.25, 0.3) is 0 Å². The fourth-order valence-electron chi connectivity index (χ4n) is 5.70. The summed E-state index contributed by atoms with van der Waals surface area (Å²) >= 11 is 24.8. The van der Waals surface area contributed by atoms with Gasteiger partial charge in [0.15, 0.2) is 5.75 Å². The molecule has 0 aliphatic heterocycles. The van der Waals surface area contributed by atoms with Gasteiger partial charge in [-0.3, -0.25) is 25.0 Å². The van der Waals surface area contributed by atoms with Gasteiger partial charge in [-0.25, -0.2) is 0 Å². The van der Waals surface area contributed by atoms with E-state index in [2.05, 4.69) is 106 Å². The number of phenolic OH excluding ortho intramolecular Hbond substituents is 3. The van der Waals surface area contributed by atoms with Crippen molar-refractivity contribution in [3.8, 4) is 28.7 Å². The zero-order chi connectivity index (χ0) is 69.4. The summed E-state index contributed by atoms with van der Waals surface area (Å²) in [6, 6.07) is 22.6. The molecule has 5 aromatic carbocycles. The number of hydrogen-bond acceptors (Lipinski definition) is 15. The number of ether oxygens (including phenoxy) is 2. The van der Waals surface area contributed by atoms with Crippen LogP contribution in [0.5, 0.6) is 28.7 Å². The van der Waals surface area contributed by atoms with Gasteiger partial charge in [-0.05, 0) is 108 Å². The third-order valence-corrected chi connectivity index (χ3v) is 11.2.